The highest BCUT2D eigenvalue weighted by Gasteiger charge is 2.28. The maximum atomic E-state index is 13.4. The summed E-state index contributed by atoms with van der Waals surface area (Å²) in [7, 11) is -17.5. The van der Waals surface area contributed by atoms with Crippen molar-refractivity contribution < 1.29 is 90.9 Å². The van der Waals surface area contributed by atoms with E-state index in [0.29, 0.717) is 34.6 Å². The molecule has 74 heavy (non-hydrogen) atoms. The fourth-order valence-electron chi connectivity index (χ4n) is 6.38. The number of azo groups is 3. The molecular formula is C39H37N9O20S6. The number of hydrogen-bond donors (Lipinski definition) is 8. The maximum absolute atomic E-state index is 13.4. The number of phenols is 1. The number of ether oxygens (including phenoxy) is 1. The Morgan fingerprint density at radius 3 is 2.05 bits per heavy atom. The molecule has 5 aromatic carbocycles. The monoisotopic (exact) mass is 1140 g/mol. The van der Waals surface area contributed by atoms with Gasteiger partial charge in [-0.2, -0.15) is 27.1 Å². The van der Waals surface area contributed by atoms with Crippen molar-refractivity contribution in [3.05, 3.63) is 96.3 Å². The molecule has 0 aliphatic heterocycles. The molecule has 0 unspecified atom stereocenters. The van der Waals surface area contributed by atoms with Crippen LogP contribution in [0.1, 0.15) is 19.8 Å². The molecule has 0 heterocycles. The third-order valence-electron chi connectivity index (χ3n) is 9.73. The number of nitrogen functional groups attached to an aromatic ring is 1. The van der Waals surface area contributed by atoms with Crippen LogP contribution in [0.15, 0.2) is 152 Å². The van der Waals surface area contributed by atoms with Gasteiger partial charge in [0.05, 0.1) is 69.4 Å². The van der Waals surface area contributed by atoms with Gasteiger partial charge in [0.1, 0.15) is 38.3 Å². The highest BCUT2D eigenvalue weighted by molar-refractivity contribution is 7.94. The second-order valence-electron chi connectivity index (χ2n) is 14.6. The fraction of sp³-hybridized carbons (Fsp3) is 0.154. The van der Waals surface area contributed by atoms with Gasteiger partial charge in [0, 0.05) is 29.0 Å². The van der Waals surface area contributed by atoms with Crippen LogP contribution in [0.4, 0.5) is 39.8 Å². The van der Waals surface area contributed by atoms with Gasteiger partial charge in [-0.1, -0.05) is 10.1 Å². The van der Waals surface area contributed by atoms with Crippen LogP contribution in [0.3, 0.4) is 0 Å². The zero-order valence-corrected chi connectivity index (χ0v) is 42.4. The number of fused-ring (bicyclic) bond motifs is 1. The van der Waals surface area contributed by atoms with E-state index in [4.69, 9.17) is 25.2 Å². The molecule has 394 valence electrons. The lowest BCUT2D eigenvalue weighted by Gasteiger charge is -2.15. The molecule has 0 aromatic heterocycles. The number of nitrogens with two attached hydrogens (primary N) is 1. The van der Waals surface area contributed by atoms with E-state index in [-0.39, 0.29) is 64.0 Å². The van der Waals surface area contributed by atoms with Crippen LogP contribution in [0.25, 0.3) is 10.8 Å². The minimum absolute atomic E-state index is 0.0880. The smallest absolute Gasteiger partial charge is 0.296 e. The van der Waals surface area contributed by atoms with Crippen molar-refractivity contribution in [3.8, 4) is 11.5 Å². The number of benzene rings is 5. The summed E-state index contributed by atoms with van der Waals surface area (Å²) in [5.41, 5.74) is 5.30. The molecule has 29 nitrogen and oxygen atoms in total. The van der Waals surface area contributed by atoms with Crippen LogP contribution in [0.2, 0.25) is 0 Å². The Bertz CT molecular complexity index is 3600. The lowest BCUT2D eigenvalue weighted by atomic mass is 10.0. The van der Waals surface area contributed by atoms with Gasteiger partial charge in [-0.15, -0.1) is 29.1 Å². The number of carbonyl (C=O) groups excluding carboxylic acids is 1. The van der Waals surface area contributed by atoms with Gasteiger partial charge >= 0.3 is 0 Å². The van der Waals surface area contributed by atoms with Crippen LogP contribution in [0.5, 0.6) is 11.5 Å². The predicted octanol–water partition coefficient (Wildman–Crippen LogP) is 8.25. The first kappa shape index (κ1) is 56.7. The Kier molecular flexibility index (Phi) is 18.6. The predicted molar refractivity (Wildman–Crippen MR) is 259 cm³/mol. The average molecular weight is 1140 g/mol. The standard InChI is InChI=1S/C39H37N9O20S6/c1-21(49)41-29-13-9-25(63-2)17-31(29)45-42-22-3-5-24(6-4-22)48-72(55,56)26-10-7-23(8-11-26)43-47-38-35(74(60,61)62)19-28-33(69-67-65-51)20-32(37(40)36(28)39(38)50)46-44-30-14-12-27(18-34(30)73(57,58)59)71(53,54)16-15-64-70-68-66-52/h3,5,7-14,17-20,48,50-52H,4,6,15-16,40H2,1-2H3,(H,41,49)(H,57,58,59)(H,60,61,62)/b45-42+,46-44+,47-43+. The molecule has 0 saturated heterocycles. The van der Waals surface area contributed by atoms with Gasteiger partial charge in [0.25, 0.3) is 30.3 Å². The quantitative estimate of drug-likeness (QED) is 0.00580. The number of nitrogens with zero attached hydrogens (tertiary/aromatic N) is 6. The van der Waals surface area contributed by atoms with E-state index in [9.17, 15) is 52.7 Å². The second kappa shape index (κ2) is 24.2. The zero-order chi connectivity index (χ0) is 54.0. The van der Waals surface area contributed by atoms with Crippen LogP contribution in [0, 0.1) is 0 Å². The molecule has 0 bridgehead atoms. The molecule has 0 saturated carbocycles. The maximum Gasteiger partial charge on any atom is 0.296 e. The highest BCUT2D eigenvalue weighted by Crippen LogP contribution is 2.49. The molecule has 35 heteroatoms. The molecule has 0 atom stereocenters. The molecule has 0 spiro atoms. The van der Waals surface area contributed by atoms with E-state index < -0.39 is 101 Å². The summed E-state index contributed by atoms with van der Waals surface area (Å²) in [6.45, 7) is 0.800. The van der Waals surface area contributed by atoms with E-state index in [1.807, 2.05) is 0 Å². The van der Waals surface area contributed by atoms with Crippen molar-refractivity contribution >= 4 is 121 Å². The van der Waals surface area contributed by atoms with E-state index in [2.05, 4.69) is 59.5 Å². The van der Waals surface area contributed by atoms with Crippen LogP contribution < -0.4 is 20.5 Å². The number of methoxy groups -OCH3 is 1. The Hall–Kier alpha value is -6.55. The van der Waals surface area contributed by atoms with Gasteiger partial charge in [0.15, 0.2) is 27.9 Å². The first-order chi connectivity index (χ1) is 34.9. The molecule has 0 fully saturated rings. The normalized spacial score (nSPS) is 13.7. The zero-order valence-electron chi connectivity index (χ0n) is 37.5. The number of amides is 1. The van der Waals surface area contributed by atoms with Crippen molar-refractivity contribution in [1.82, 2.24) is 4.72 Å². The lowest BCUT2D eigenvalue weighted by Crippen LogP contribution is -2.23. The molecular weight excluding hydrogens is 1110 g/mol. The minimum atomic E-state index is -5.27. The van der Waals surface area contributed by atoms with E-state index in [1.165, 1.54) is 32.2 Å². The van der Waals surface area contributed by atoms with Crippen molar-refractivity contribution in [2.75, 3.05) is 30.5 Å². The Balaban J connectivity index is 1.28. The number of allylic oxidation sites excluding steroid dienone is 4. The molecule has 6 rings (SSSR count). The van der Waals surface area contributed by atoms with Crippen LogP contribution in [-0.2, 0) is 67.8 Å². The van der Waals surface area contributed by atoms with Gasteiger partial charge in [-0.3, -0.25) is 22.8 Å². The summed E-state index contributed by atoms with van der Waals surface area (Å²) in [5.74, 6) is -1.66. The molecule has 5 aromatic rings. The van der Waals surface area contributed by atoms with Crippen molar-refractivity contribution in [2.24, 2.45) is 30.7 Å². The Labute approximate surface area is 427 Å². The molecule has 0 radical (unpaired) electrons. The number of carbonyl (C=O) groups is 1. The number of sulfone groups is 1. The van der Waals surface area contributed by atoms with Crippen LogP contribution >= 0.6 is 24.4 Å². The summed E-state index contributed by atoms with van der Waals surface area (Å²) in [6.07, 6.45) is 3.56. The Morgan fingerprint density at radius 2 is 1.42 bits per heavy atom. The van der Waals surface area contributed by atoms with Crippen molar-refractivity contribution in [2.45, 2.75) is 44.2 Å². The average Bonchev–Trinajstić information content (AvgIpc) is 3.34. The number of nitrogens with one attached hydrogen (secondary N) is 2. The van der Waals surface area contributed by atoms with E-state index in [1.54, 1.807) is 24.3 Å². The fourth-order valence-corrected chi connectivity index (χ4v) is 10.8. The summed E-state index contributed by atoms with van der Waals surface area (Å²) < 4.78 is 144. The third kappa shape index (κ3) is 14.4. The van der Waals surface area contributed by atoms with Gasteiger partial charge in [-0.05, 0) is 91.7 Å². The largest absolute Gasteiger partial charge is 0.505 e. The SMILES string of the molecule is COc1ccc(NC(C)=O)c(/N=N/C2=CC=C(NS(=O)(=O)c3ccc(/N=N/c4c(S(=O)(=O)O)cc5c(SOOO)cc(/N=N/c6ccc(S(=O)(=O)CCOSOOO)cc6S(=O)(=O)O)c(N)c5c4O)cc3)CC2)c1. The molecule has 1 aliphatic carbocycles. The Morgan fingerprint density at radius 1 is 0.743 bits per heavy atom. The molecule has 1 amide bonds. The lowest BCUT2D eigenvalue weighted by molar-refractivity contribution is -0.434. The highest BCUT2D eigenvalue weighted by atomic mass is 32.2. The van der Waals surface area contributed by atoms with Crippen molar-refractivity contribution in [1.29, 1.82) is 0 Å². The number of phenolic OH excluding ortho intramolecular Hbond substituents is 1. The number of hydrogen-bond acceptors (Lipinski definition) is 27. The second-order valence-corrected chi connectivity index (χ2v) is 22.4. The van der Waals surface area contributed by atoms with Gasteiger partial charge < -0.3 is 20.9 Å². The summed E-state index contributed by atoms with van der Waals surface area (Å²) in [5, 5.41) is 61.3. The number of sulfonamides is 1. The molecule has 1 aliphatic rings. The summed E-state index contributed by atoms with van der Waals surface area (Å²) in [6, 6.07) is 13.6. The van der Waals surface area contributed by atoms with Gasteiger partial charge in [-0.25, -0.2) is 27.4 Å². The van der Waals surface area contributed by atoms with Gasteiger partial charge in [0.2, 0.25) is 5.91 Å². The minimum Gasteiger partial charge on any atom is -0.505 e. The summed E-state index contributed by atoms with van der Waals surface area (Å²) >= 11 is 0.272. The van der Waals surface area contributed by atoms with E-state index in [0.717, 1.165) is 36.4 Å². The van der Waals surface area contributed by atoms with Crippen LogP contribution in [-0.4, -0.2) is 83.8 Å². The number of aromatic hydroxyl groups is 1. The molecule has 9 N–H and O–H groups in total. The summed E-state index contributed by atoms with van der Waals surface area (Å²) in [4.78, 5) is 8.45. The van der Waals surface area contributed by atoms with E-state index >= 15 is 0 Å². The number of anilines is 2. The number of rotatable bonds is 23. The third-order valence-corrected chi connectivity index (χ3v) is 15.6. The topological polar surface area (TPSA) is 434 Å². The first-order valence-electron chi connectivity index (χ1n) is 20.0. The van der Waals surface area contributed by atoms with Crippen molar-refractivity contribution in [3.63, 3.8) is 0 Å². The first-order valence-corrected chi connectivity index (χ1v) is 27.5.